The van der Waals surface area contributed by atoms with Gasteiger partial charge in [0.05, 0.1) is 17.3 Å². The zero-order valence-electron chi connectivity index (χ0n) is 14.0. The van der Waals surface area contributed by atoms with E-state index in [1.807, 2.05) is 4.90 Å². The fourth-order valence-corrected chi connectivity index (χ4v) is 4.30. The summed E-state index contributed by atoms with van der Waals surface area (Å²) in [4.78, 5) is 14.7. The number of carbonyl (C=O) groups excluding carboxylic acids is 1. The third-order valence-corrected chi connectivity index (χ3v) is 5.87. The van der Waals surface area contributed by atoms with E-state index >= 15 is 0 Å². The molecule has 23 heavy (non-hydrogen) atoms. The van der Waals surface area contributed by atoms with E-state index in [-0.39, 0.29) is 23.2 Å². The van der Waals surface area contributed by atoms with Gasteiger partial charge in [-0.15, -0.1) is 0 Å². The van der Waals surface area contributed by atoms with Crippen LogP contribution in [0.1, 0.15) is 30.6 Å². The molecule has 1 aromatic carbocycles. The van der Waals surface area contributed by atoms with Gasteiger partial charge in [-0.2, -0.15) is 0 Å². The van der Waals surface area contributed by atoms with Crippen LogP contribution in [-0.4, -0.2) is 51.8 Å². The summed E-state index contributed by atoms with van der Waals surface area (Å²) < 4.78 is 29.0. The van der Waals surface area contributed by atoms with Crippen LogP contribution in [0.3, 0.4) is 0 Å². The zero-order chi connectivity index (χ0) is 17.0. The number of hydrogen-bond acceptors (Lipinski definition) is 4. The maximum absolute atomic E-state index is 12.6. The first-order valence-corrected chi connectivity index (χ1v) is 9.59. The Labute approximate surface area is 138 Å². The van der Waals surface area contributed by atoms with Gasteiger partial charge < -0.3 is 9.64 Å². The van der Waals surface area contributed by atoms with Crippen molar-refractivity contribution in [1.29, 1.82) is 0 Å². The van der Waals surface area contributed by atoms with Crippen LogP contribution in [0.2, 0.25) is 0 Å². The molecular formula is C17H25NO4S. The topological polar surface area (TPSA) is 63.7 Å². The van der Waals surface area contributed by atoms with Crippen molar-refractivity contribution in [3.8, 4) is 0 Å². The van der Waals surface area contributed by atoms with E-state index in [0.29, 0.717) is 17.4 Å². The van der Waals surface area contributed by atoms with Crippen molar-refractivity contribution < 1.29 is 17.9 Å². The summed E-state index contributed by atoms with van der Waals surface area (Å²) >= 11 is 0. The van der Waals surface area contributed by atoms with Crippen molar-refractivity contribution in [1.82, 2.24) is 4.90 Å². The van der Waals surface area contributed by atoms with E-state index in [2.05, 4.69) is 13.8 Å². The van der Waals surface area contributed by atoms with E-state index < -0.39 is 9.84 Å². The van der Waals surface area contributed by atoms with Gasteiger partial charge in [-0.25, -0.2) is 8.42 Å². The van der Waals surface area contributed by atoms with E-state index in [9.17, 15) is 13.2 Å². The van der Waals surface area contributed by atoms with Crippen molar-refractivity contribution in [2.45, 2.75) is 25.2 Å². The van der Waals surface area contributed by atoms with Crippen LogP contribution in [0, 0.1) is 11.8 Å². The number of sulfone groups is 1. The van der Waals surface area contributed by atoms with Gasteiger partial charge in [0.15, 0.2) is 9.84 Å². The molecule has 2 unspecified atom stereocenters. The zero-order valence-corrected chi connectivity index (χ0v) is 14.8. The average molecular weight is 339 g/mol. The highest BCUT2D eigenvalue weighted by Crippen LogP contribution is 2.23. The predicted molar refractivity (Wildman–Crippen MR) is 89.2 cm³/mol. The summed E-state index contributed by atoms with van der Waals surface area (Å²) in [5.74, 6) is 0.912. The molecule has 1 aliphatic heterocycles. The lowest BCUT2D eigenvalue weighted by Crippen LogP contribution is -2.42. The SMILES string of the molecule is COCCS(=O)(=O)c1ccc(C(=O)N2CC(C)CC(C)C2)cc1. The highest BCUT2D eigenvalue weighted by atomic mass is 32.2. The minimum absolute atomic E-state index is 0.0239. The maximum Gasteiger partial charge on any atom is 0.253 e. The van der Waals surface area contributed by atoms with Gasteiger partial charge in [0, 0.05) is 25.8 Å². The quantitative estimate of drug-likeness (QED) is 0.825. The average Bonchev–Trinajstić information content (AvgIpc) is 2.51. The summed E-state index contributed by atoms with van der Waals surface area (Å²) in [7, 11) is -1.89. The first-order valence-electron chi connectivity index (χ1n) is 7.94. The van der Waals surface area contributed by atoms with Crippen molar-refractivity contribution in [3.05, 3.63) is 29.8 Å². The van der Waals surface area contributed by atoms with Crippen LogP contribution in [0.4, 0.5) is 0 Å². The Hall–Kier alpha value is -1.40. The molecule has 0 N–H and O–H groups in total. The Bertz CT molecular complexity index is 629. The Morgan fingerprint density at radius 2 is 1.74 bits per heavy atom. The molecule has 1 amide bonds. The number of likely N-dealkylation sites (tertiary alicyclic amines) is 1. The van der Waals surface area contributed by atoms with Gasteiger partial charge in [-0.1, -0.05) is 13.8 Å². The highest BCUT2D eigenvalue weighted by molar-refractivity contribution is 7.91. The number of carbonyl (C=O) groups is 1. The summed E-state index contributed by atoms with van der Waals surface area (Å²) in [5.41, 5.74) is 0.539. The number of amides is 1. The van der Waals surface area contributed by atoms with Crippen LogP contribution in [-0.2, 0) is 14.6 Å². The van der Waals surface area contributed by atoms with Crippen molar-refractivity contribution in [3.63, 3.8) is 0 Å². The highest BCUT2D eigenvalue weighted by Gasteiger charge is 2.26. The van der Waals surface area contributed by atoms with E-state index in [4.69, 9.17) is 4.74 Å². The number of hydrogen-bond donors (Lipinski definition) is 0. The predicted octanol–water partition coefficient (Wildman–Crippen LogP) is 2.22. The molecule has 0 aliphatic carbocycles. The molecule has 5 nitrogen and oxygen atoms in total. The monoisotopic (exact) mass is 339 g/mol. The van der Waals surface area contributed by atoms with Crippen LogP contribution in [0.15, 0.2) is 29.2 Å². The minimum Gasteiger partial charge on any atom is -0.384 e. The molecule has 0 aromatic heterocycles. The number of piperidine rings is 1. The number of methoxy groups -OCH3 is 1. The minimum atomic E-state index is -3.36. The lowest BCUT2D eigenvalue weighted by molar-refractivity contribution is 0.0623. The number of ether oxygens (including phenoxy) is 1. The van der Waals surface area contributed by atoms with Crippen molar-refractivity contribution >= 4 is 15.7 Å². The molecule has 0 saturated carbocycles. The van der Waals surface area contributed by atoms with Gasteiger partial charge in [0.1, 0.15) is 0 Å². The smallest absolute Gasteiger partial charge is 0.253 e. The second-order valence-corrected chi connectivity index (χ2v) is 8.60. The lowest BCUT2D eigenvalue weighted by Gasteiger charge is -2.35. The number of benzene rings is 1. The van der Waals surface area contributed by atoms with Gasteiger partial charge in [-0.3, -0.25) is 4.79 Å². The molecule has 1 aromatic rings. The summed E-state index contributed by atoms with van der Waals surface area (Å²) in [6.07, 6.45) is 1.14. The fraction of sp³-hybridized carbons (Fsp3) is 0.588. The standard InChI is InChI=1S/C17H25NO4S/c1-13-10-14(2)12-18(11-13)17(19)15-4-6-16(7-5-15)23(20,21)9-8-22-3/h4-7,13-14H,8-12H2,1-3H3. The third-order valence-electron chi connectivity index (χ3n) is 4.17. The summed E-state index contributed by atoms with van der Waals surface area (Å²) in [6, 6.07) is 6.22. The second-order valence-electron chi connectivity index (χ2n) is 6.49. The first kappa shape index (κ1) is 17.9. The Kier molecular flexibility index (Phi) is 5.81. The molecule has 128 valence electrons. The molecule has 6 heteroatoms. The molecule has 1 heterocycles. The molecule has 1 fully saturated rings. The molecule has 2 rings (SSSR count). The van der Waals surface area contributed by atoms with Crippen molar-refractivity contribution in [2.24, 2.45) is 11.8 Å². The normalized spacial score (nSPS) is 22.1. The lowest BCUT2D eigenvalue weighted by atomic mass is 9.91. The second kappa shape index (κ2) is 7.45. The molecule has 2 atom stereocenters. The largest absolute Gasteiger partial charge is 0.384 e. The van der Waals surface area contributed by atoms with Crippen LogP contribution in [0.25, 0.3) is 0 Å². The van der Waals surface area contributed by atoms with Gasteiger partial charge in [-0.05, 0) is 42.5 Å². The molecule has 0 bridgehead atoms. The Morgan fingerprint density at radius 1 is 1.17 bits per heavy atom. The summed E-state index contributed by atoms with van der Waals surface area (Å²) in [5, 5.41) is 0. The molecule has 1 saturated heterocycles. The maximum atomic E-state index is 12.6. The van der Waals surface area contributed by atoms with Gasteiger partial charge in [0.25, 0.3) is 5.91 Å². The Morgan fingerprint density at radius 3 is 2.26 bits per heavy atom. The number of nitrogens with zero attached hydrogens (tertiary/aromatic N) is 1. The first-order chi connectivity index (χ1) is 10.8. The van der Waals surface area contributed by atoms with Gasteiger partial charge >= 0.3 is 0 Å². The van der Waals surface area contributed by atoms with E-state index in [1.54, 1.807) is 12.1 Å². The Balaban J connectivity index is 2.11. The molecule has 0 radical (unpaired) electrons. The van der Waals surface area contributed by atoms with Crippen LogP contribution >= 0.6 is 0 Å². The number of rotatable bonds is 5. The molecule has 1 aliphatic rings. The molecule has 0 spiro atoms. The van der Waals surface area contributed by atoms with E-state index in [0.717, 1.165) is 19.5 Å². The van der Waals surface area contributed by atoms with Crippen LogP contribution in [0.5, 0.6) is 0 Å². The fourth-order valence-electron chi connectivity index (χ4n) is 3.13. The molecular weight excluding hydrogens is 314 g/mol. The van der Waals surface area contributed by atoms with Crippen LogP contribution < -0.4 is 0 Å². The third kappa shape index (κ3) is 4.54. The summed E-state index contributed by atoms with van der Waals surface area (Å²) in [6.45, 7) is 5.99. The van der Waals surface area contributed by atoms with Crippen molar-refractivity contribution in [2.75, 3.05) is 32.6 Å². The van der Waals surface area contributed by atoms with Gasteiger partial charge in [0.2, 0.25) is 0 Å². The van der Waals surface area contributed by atoms with E-state index in [1.165, 1.54) is 19.2 Å².